The van der Waals surface area contributed by atoms with E-state index >= 15 is 0 Å². The number of sulfone groups is 1. The molecule has 0 aliphatic heterocycles. The molecule has 1 heterocycles. The lowest BCUT2D eigenvalue weighted by atomic mass is 10.3. The smallest absolute Gasteiger partial charge is 0.228 e. The van der Waals surface area contributed by atoms with Crippen molar-refractivity contribution in [3.05, 3.63) is 52.5 Å². The first kappa shape index (κ1) is 25.9. The topological polar surface area (TPSA) is 70.6 Å². The van der Waals surface area contributed by atoms with Gasteiger partial charge in [0, 0.05) is 29.6 Å². The van der Waals surface area contributed by atoms with Crippen molar-refractivity contribution in [1.82, 2.24) is 9.88 Å². The van der Waals surface area contributed by atoms with Crippen LogP contribution in [0.2, 0.25) is 10.0 Å². The third-order valence-corrected chi connectivity index (χ3v) is 8.73. The third kappa shape index (κ3) is 6.90. The van der Waals surface area contributed by atoms with Crippen LogP contribution in [0.4, 0.5) is 5.13 Å². The summed E-state index contributed by atoms with van der Waals surface area (Å²) in [6.07, 6.45) is 0.337. The third-order valence-electron chi connectivity index (χ3n) is 5.38. The van der Waals surface area contributed by atoms with Crippen LogP contribution in [0, 0.1) is 0 Å². The van der Waals surface area contributed by atoms with Gasteiger partial charge in [-0.25, -0.2) is 13.4 Å². The molecule has 0 saturated carbocycles. The highest BCUT2D eigenvalue weighted by Gasteiger charge is 2.22. The van der Waals surface area contributed by atoms with E-state index in [2.05, 4.69) is 23.7 Å². The lowest BCUT2D eigenvalue weighted by Gasteiger charge is -2.24. The molecule has 0 radical (unpaired) electrons. The van der Waals surface area contributed by atoms with E-state index in [1.807, 2.05) is 12.1 Å². The number of anilines is 1. The average Bonchev–Trinajstić information content (AvgIpc) is 3.19. The fourth-order valence-corrected chi connectivity index (χ4v) is 6.14. The van der Waals surface area contributed by atoms with Gasteiger partial charge in [-0.05, 0) is 62.0 Å². The lowest BCUT2D eigenvalue weighted by Crippen LogP contribution is -2.38. The molecular weight excluding hydrogens is 501 g/mol. The van der Waals surface area contributed by atoms with Crippen LogP contribution in [0.25, 0.3) is 10.2 Å². The number of benzene rings is 2. The number of likely N-dealkylation sites (N-methyl/N-ethyl adjacent to an activating group) is 1. The molecule has 0 N–H and O–H groups in total. The number of amides is 1. The second kappa shape index (κ2) is 11.6. The number of rotatable bonds is 11. The van der Waals surface area contributed by atoms with E-state index in [0.29, 0.717) is 28.3 Å². The van der Waals surface area contributed by atoms with Crippen molar-refractivity contribution >= 4 is 65.6 Å². The van der Waals surface area contributed by atoms with Crippen molar-refractivity contribution in [1.29, 1.82) is 0 Å². The van der Waals surface area contributed by atoms with E-state index in [-0.39, 0.29) is 29.4 Å². The van der Waals surface area contributed by atoms with Gasteiger partial charge in [-0.1, -0.05) is 48.4 Å². The molecule has 0 spiro atoms. The van der Waals surface area contributed by atoms with E-state index in [1.54, 1.807) is 23.1 Å². The van der Waals surface area contributed by atoms with Crippen LogP contribution in [0.3, 0.4) is 0 Å². The monoisotopic (exact) mass is 527 g/mol. The van der Waals surface area contributed by atoms with E-state index in [9.17, 15) is 13.2 Å². The fraction of sp³-hybridized carbons (Fsp3) is 0.391. The Morgan fingerprint density at radius 2 is 1.67 bits per heavy atom. The van der Waals surface area contributed by atoms with Crippen molar-refractivity contribution in [2.24, 2.45) is 0 Å². The van der Waals surface area contributed by atoms with Crippen LogP contribution in [-0.2, 0) is 14.6 Å². The van der Waals surface area contributed by atoms with Gasteiger partial charge in [0.05, 0.1) is 20.9 Å². The summed E-state index contributed by atoms with van der Waals surface area (Å²) in [5, 5.41) is 1.70. The number of nitrogens with zero attached hydrogens (tertiary/aromatic N) is 3. The van der Waals surface area contributed by atoms with E-state index in [0.717, 1.165) is 23.3 Å². The molecule has 0 atom stereocenters. The Bertz CT molecular complexity index is 1190. The van der Waals surface area contributed by atoms with Gasteiger partial charge in [0.15, 0.2) is 15.0 Å². The van der Waals surface area contributed by atoms with Gasteiger partial charge >= 0.3 is 0 Å². The SMILES string of the molecule is CCN(CC)CCN(C(=O)CCCS(=O)(=O)c1ccc(Cl)cc1)c1nc2ccc(Cl)cc2s1. The highest BCUT2D eigenvalue weighted by atomic mass is 35.5. The Labute approximate surface area is 209 Å². The Hall–Kier alpha value is -1.71. The van der Waals surface area contributed by atoms with Crippen molar-refractivity contribution in [2.75, 3.05) is 36.8 Å². The molecule has 10 heteroatoms. The molecule has 1 amide bonds. The summed E-state index contributed by atoms with van der Waals surface area (Å²) in [5.41, 5.74) is 0.783. The van der Waals surface area contributed by atoms with E-state index in [4.69, 9.17) is 23.2 Å². The van der Waals surface area contributed by atoms with Gasteiger partial charge in [0.1, 0.15) is 0 Å². The van der Waals surface area contributed by atoms with Crippen LogP contribution < -0.4 is 4.90 Å². The van der Waals surface area contributed by atoms with Crippen molar-refractivity contribution in [2.45, 2.75) is 31.6 Å². The quantitative estimate of drug-likeness (QED) is 0.327. The van der Waals surface area contributed by atoms with Crippen LogP contribution >= 0.6 is 34.5 Å². The number of fused-ring (bicyclic) bond motifs is 1. The Morgan fingerprint density at radius 3 is 2.33 bits per heavy atom. The van der Waals surface area contributed by atoms with E-state index < -0.39 is 9.84 Å². The number of aromatic nitrogens is 1. The molecule has 0 aliphatic rings. The predicted molar refractivity (Wildman–Crippen MR) is 138 cm³/mol. The minimum atomic E-state index is -3.49. The summed E-state index contributed by atoms with van der Waals surface area (Å²) in [5.74, 6) is -0.252. The summed E-state index contributed by atoms with van der Waals surface area (Å²) >= 11 is 13.4. The first-order chi connectivity index (χ1) is 15.7. The first-order valence-electron chi connectivity index (χ1n) is 10.8. The molecule has 178 valence electrons. The molecule has 33 heavy (non-hydrogen) atoms. The number of halogens is 2. The zero-order valence-electron chi connectivity index (χ0n) is 18.6. The lowest BCUT2D eigenvalue weighted by molar-refractivity contribution is -0.118. The first-order valence-corrected chi connectivity index (χ1v) is 14.0. The summed E-state index contributed by atoms with van der Waals surface area (Å²) in [6.45, 7) is 7.12. The summed E-state index contributed by atoms with van der Waals surface area (Å²) < 4.78 is 26.1. The molecular formula is C23H27Cl2N3O3S2. The van der Waals surface area contributed by atoms with Gasteiger partial charge in [-0.15, -0.1) is 0 Å². The van der Waals surface area contributed by atoms with Gasteiger partial charge < -0.3 is 4.90 Å². The molecule has 6 nitrogen and oxygen atoms in total. The summed E-state index contributed by atoms with van der Waals surface area (Å²) in [6, 6.07) is 11.5. The van der Waals surface area contributed by atoms with Crippen LogP contribution in [0.5, 0.6) is 0 Å². The zero-order chi connectivity index (χ0) is 24.0. The Kier molecular flexibility index (Phi) is 9.12. The summed E-state index contributed by atoms with van der Waals surface area (Å²) in [7, 11) is -3.49. The average molecular weight is 529 g/mol. The Morgan fingerprint density at radius 1 is 1.00 bits per heavy atom. The number of hydrogen-bond donors (Lipinski definition) is 0. The number of carbonyl (C=O) groups is 1. The van der Waals surface area contributed by atoms with Crippen LogP contribution in [0.15, 0.2) is 47.4 Å². The highest BCUT2D eigenvalue weighted by molar-refractivity contribution is 7.91. The molecule has 0 aliphatic carbocycles. The second-order valence-electron chi connectivity index (χ2n) is 7.56. The largest absolute Gasteiger partial charge is 0.302 e. The van der Waals surface area contributed by atoms with Crippen molar-refractivity contribution in [3.63, 3.8) is 0 Å². The highest BCUT2D eigenvalue weighted by Crippen LogP contribution is 2.31. The Balaban J connectivity index is 1.73. The minimum absolute atomic E-state index is 0.111. The zero-order valence-corrected chi connectivity index (χ0v) is 21.8. The molecule has 0 unspecified atom stereocenters. The van der Waals surface area contributed by atoms with Crippen LogP contribution in [-0.4, -0.2) is 56.1 Å². The van der Waals surface area contributed by atoms with Crippen LogP contribution in [0.1, 0.15) is 26.7 Å². The van der Waals surface area contributed by atoms with Gasteiger partial charge in [-0.2, -0.15) is 0 Å². The molecule has 2 aromatic carbocycles. The maximum absolute atomic E-state index is 13.2. The van der Waals surface area contributed by atoms with Gasteiger partial charge in [0.2, 0.25) is 5.91 Å². The van der Waals surface area contributed by atoms with Crippen molar-refractivity contribution in [3.8, 4) is 0 Å². The van der Waals surface area contributed by atoms with E-state index in [1.165, 1.54) is 23.5 Å². The molecule has 1 aromatic heterocycles. The maximum atomic E-state index is 13.2. The number of hydrogen-bond acceptors (Lipinski definition) is 6. The van der Waals surface area contributed by atoms with Crippen molar-refractivity contribution < 1.29 is 13.2 Å². The molecule has 3 rings (SSSR count). The standard InChI is InChI=1S/C23H27Cl2N3O3S2/c1-3-27(4-2)13-14-28(23-26-20-12-9-18(25)16-21(20)32-23)22(29)6-5-15-33(30,31)19-10-7-17(24)8-11-19/h7-12,16H,3-6,13-15H2,1-2H3. The van der Waals surface area contributed by atoms with Gasteiger partial charge in [0.25, 0.3) is 0 Å². The van der Waals surface area contributed by atoms with Gasteiger partial charge in [-0.3, -0.25) is 9.69 Å². The minimum Gasteiger partial charge on any atom is -0.302 e. The molecule has 0 saturated heterocycles. The fourth-order valence-electron chi connectivity index (χ4n) is 3.42. The molecule has 0 bridgehead atoms. The second-order valence-corrected chi connectivity index (χ2v) is 11.5. The maximum Gasteiger partial charge on any atom is 0.228 e. The number of carbonyl (C=O) groups excluding carboxylic acids is 1. The molecule has 3 aromatic rings. The summed E-state index contributed by atoms with van der Waals surface area (Å²) in [4.78, 5) is 21.9. The predicted octanol–water partition coefficient (Wildman–Crippen LogP) is 5.53. The molecule has 0 fully saturated rings. The normalized spacial score (nSPS) is 11.9. The number of thiazole rings is 1.